The second-order valence-corrected chi connectivity index (χ2v) is 19.3. The summed E-state index contributed by atoms with van der Waals surface area (Å²) in [7, 11) is -10.8. The summed E-state index contributed by atoms with van der Waals surface area (Å²) in [5.41, 5.74) is 3.56. The molecule has 1 aliphatic rings. The molecule has 0 heterocycles. The first kappa shape index (κ1) is 49.5. The highest BCUT2D eigenvalue weighted by atomic mass is 32.2. The average Bonchev–Trinajstić information content (AvgIpc) is 3.65. The van der Waals surface area contributed by atoms with Crippen molar-refractivity contribution in [1.29, 1.82) is 26.3 Å². The summed E-state index contributed by atoms with van der Waals surface area (Å²) in [6.45, 7) is 7.83. The van der Waals surface area contributed by atoms with E-state index in [4.69, 9.17) is 6.57 Å². The monoisotopic (exact) mass is 923 g/mol. The van der Waals surface area contributed by atoms with Crippen LogP contribution in [0.15, 0.2) is 149 Å². The van der Waals surface area contributed by atoms with Gasteiger partial charge in [-0.15, -0.1) is 29.3 Å². The molecule has 16 nitrogen and oxygen atoms in total. The lowest BCUT2D eigenvalue weighted by atomic mass is 9.90. The van der Waals surface area contributed by atoms with Crippen molar-refractivity contribution in [2.75, 3.05) is 46.2 Å². The van der Waals surface area contributed by atoms with Crippen molar-refractivity contribution < 1.29 is 25.3 Å². The van der Waals surface area contributed by atoms with Crippen molar-refractivity contribution in [3.8, 4) is 30.3 Å². The van der Waals surface area contributed by atoms with E-state index < -0.39 is 30.1 Å². The van der Waals surface area contributed by atoms with Gasteiger partial charge in [-0.05, 0) is 77.6 Å². The van der Waals surface area contributed by atoms with Gasteiger partial charge in [0, 0.05) is 65.5 Å². The minimum absolute atomic E-state index is 0.0140. The van der Waals surface area contributed by atoms with Gasteiger partial charge in [-0.3, -0.25) is 9.44 Å². The Morgan fingerprint density at radius 3 is 1.83 bits per heavy atom. The number of nitrogens with one attached hydrogen (secondary N) is 3. The Labute approximate surface area is 379 Å². The number of rotatable bonds is 18. The third kappa shape index (κ3) is 14.5. The maximum atomic E-state index is 12.1. The lowest BCUT2D eigenvalue weighted by Crippen LogP contribution is -2.34. The fourth-order valence-electron chi connectivity index (χ4n) is 6.54. The van der Waals surface area contributed by atoms with Gasteiger partial charge in [0.05, 0.1) is 43.1 Å². The van der Waals surface area contributed by atoms with Crippen LogP contribution in [-0.2, 0) is 30.1 Å². The molecular weight excluding hydrogens is 885 g/mol. The highest BCUT2D eigenvalue weighted by Gasteiger charge is 2.25. The van der Waals surface area contributed by atoms with Crippen LogP contribution < -0.4 is 19.1 Å². The highest BCUT2D eigenvalue weighted by Crippen LogP contribution is 2.38. The third-order valence-corrected chi connectivity index (χ3v) is 11.0. The second-order valence-electron chi connectivity index (χ2n) is 14.0. The predicted molar refractivity (Wildman–Crippen MR) is 249 cm³/mol. The summed E-state index contributed by atoms with van der Waals surface area (Å²) in [6.07, 6.45) is 13.5. The van der Waals surface area contributed by atoms with Gasteiger partial charge in [0.15, 0.2) is 0 Å². The van der Waals surface area contributed by atoms with E-state index in [9.17, 15) is 51.6 Å². The first-order valence-electron chi connectivity index (χ1n) is 19.0. The molecule has 0 saturated heterocycles. The third-order valence-electron chi connectivity index (χ3n) is 9.09. The van der Waals surface area contributed by atoms with Crippen molar-refractivity contribution in [3.05, 3.63) is 177 Å². The van der Waals surface area contributed by atoms with Crippen LogP contribution in [0.3, 0.4) is 0 Å². The van der Waals surface area contributed by atoms with E-state index in [0.29, 0.717) is 35.4 Å². The van der Waals surface area contributed by atoms with Gasteiger partial charge in [0.1, 0.15) is 0 Å². The quantitative estimate of drug-likeness (QED) is 0.0678. The van der Waals surface area contributed by atoms with Gasteiger partial charge in [0.25, 0.3) is 5.70 Å². The molecule has 0 aromatic heterocycles. The zero-order valence-electron chi connectivity index (χ0n) is 35.1. The molecule has 65 heavy (non-hydrogen) atoms. The number of allylic oxidation sites excluding steroid dienone is 13. The SMILES string of the molecule is [C-]#[N+]/C(C#N)=C(/C(C#N)=C/C=C/C1=C(N(CCNS(C)(=O)=O)c2ccccc2)C(=C/C=C/C(C#N)=C(\c2ccc(NS(C)(=O)=O)cc2)[C-](C#N)C#N)/CC1)c1ccc(NS(C)(=O)=O)cc1. The highest BCUT2D eigenvalue weighted by molar-refractivity contribution is 7.92. The topological polar surface area (TPSA) is 265 Å². The number of benzene rings is 3. The second kappa shape index (κ2) is 22.3. The zero-order valence-corrected chi connectivity index (χ0v) is 37.6. The predicted octanol–water partition coefficient (Wildman–Crippen LogP) is 6.78. The van der Waals surface area contributed by atoms with E-state index in [0.717, 1.165) is 29.9 Å². The van der Waals surface area contributed by atoms with Gasteiger partial charge in [-0.2, -0.15) is 5.26 Å². The first-order valence-corrected chi connectivity index (χ1v) is 24.7. The Bertz CT molecular complexity index is 3120. The molecular formula is C46H39N10O6S3-. The Kier molecular flexibility index (Phi) is 17.0. The van der Waals surface area contributed by atoms with E-state index in [1.165, 1.54) is 60.7 Å². The van der Waals surface area contributed by atoms with Gasteiger partial charge < -0.3 is 4.90 Å². The van der Waals surface area contributed by atoms with Gasteiger partial charge >= 0.3 is 0 Å². The maximum Gasteiger partial charge on any atom is 0.270 e. The lowest BCUT2D eigenvalue weighted by Gasteiger charge is -2.28. The van der Waals surface area contributed by atoms with E-state index in [-0.39, 0.29) is 58.4 Å². The fourth-order valence-corrected chi connectivity index (χ4v) is 8.13. The Morgan fingerprint density at radius 2 is 1.34 bits per heavy atom. The number of anilines is 3. The fraction of sp³-hybridized carbons (Fsp3) is 0.152. The number of nitriles is 5. The number of hydrogen-bond acceptors (Lipinski definition) is 12. The number of sulfonamides is 3. The van der Waals surface area contributed by atoms with Gasteiger partial charge in [0.2, 0.25) is 30.1 Å². The van der Waals surface area contributed by atoms with Gasteiger partial charge in [-0.1, -0.05) is 54.6 Å². The Morgan fingerprint density at radius 1 is 0.754 bits per heavy atom. The van der Waals surface area contributed by atoms with Crippen LogP contribution in [0.4, 0.5) is 17.1 Å². The molecule has 0 atom stereocenters. The molecule has 1 aliphatic carbocycles. The molecule has 0 spiro atoms. The first-order chi connectivity index (χ1) is 30.8. The van der Waals surface area contributed by atoms with Crippen LogP contribution in [0, 0.1) is 69.1 Å². The van der Waals surface area contributed by atoms with Crippen LogP contribution in [-0.4, -0.2) is 57.1 Å². The van der Waals surface area contributed by atoms with E-state index in [2.05, 4.69) is 31.1 Å². The molecule has 4 rings (SSSR count). The Balaban J connectivity index is 1.90. The molecule has 3 aromatic rings. The van der Waals surface area contributed by atoms with Crippen molar-refractivity contribution >= 4 is 58.3 Å². The van der Waals surface area contributed by atoms with Crippen LogP contribution >= 0.6 is 0 Å². The number of nitrogens with zero attached hydrogens (tertiary/aromatic N) is 7. The molecule has 0 fully saturated rings. The van der Waals surface area contributed by atoms with E-state index in [1.54, 1.807) is 24.3 Å². The van der Waals surface area contributed by atoms with Crippen molar-refractivity contribution in [2.24, 2.45) is 0 Å². The van der Waals surface area contributed by atoms with Crippen molar-refractivity contribution in [1.82, 2.24) is 4.72 Å². The van der Waals surface area contributed by atoms with Crippen molar-refractivity contribution in [2.45, 2.75) is 12.8 Å². The molecule has 0 radical (unpaired) electrons. The lowest BCUT2D eigenvalue weighted by molar-refractivity contribution is 0.587. The summed E-state index contributed by atoms with van der Waals surface area (Å²) in [4.78, 5) is 5.25. The minimum Gasteiger partial charge on any atom is -0.340 e. The number of hydrogen-bond donors (Lipinski definition) is 3. The van der Waals surface area contributed by atoms with Crippen LogP contribution in [0.2, 0.25) is 0 Å². The molecule has 3 aromatic carbocycles. The molecule has 0 amide bonds. The van der Waals surface area contributed by atoms with E-state index >= 15 is 0 Å². The summed E-state index contributed by atoms with van der Waals surface area (Å²) < 4.78 is 78.5. The van der Waals surface area contributed by atoms with Crippen LogP contribution in [0.5, 0.6) is 0 Å². The van der Waals surface area contributed by atoms with Crippen molar-refractivity contribution in [3.63, 3.8) is 0 Å². The molecule has 0 saturated carbocycles. The summed E-state index contributed by atoms with van der Waals surface area (Å²) in [5, 5.41) is 50.2. The van der Waals surface area contributed by atoms with Crippen LogP contribution in [0.1, 0.15) is 24.0 Å². The molecule has 0 bridgehead atoms. The summed E-state index contributed by atoms with van der Waals surface area (Å²) >= 11 is 0. The van der Waals surface area contributed by atoms with E-state index in [1.807, 2.05) is 53.4 Å². The molecule has 0 aliphatic heterocycles. The Hall–Kier alpha value is -8.14. The standard InChI is InChI=1S/C46H39N10O6S3/c1-52-43(32-51)45(34-20-24-41(25-21-34)55-65(4,61)62)38(29-48)13-9-11-36-17-16-35(46(36)56(27-26-53-63(2,57)58)42-14-6-5-7-15-42)10-8-12-37(28-47)44(39(30-49)31-50)33-18-22-40(23-19-33)54-64(3,59)60/h5-15,18-25,53-55H,16-17,26-27H2,2-4H3/q-1/b11-9+,12-8+,35-10+,38-13+,44-37-,45-43+. The number of para-hydroxylation sites is 1. The molecule has 3 N–H and O–H groups in total. The summed E-state index contributed by atoms with van der Waals surface area (Å²) in [5.74, 6) is -0.354. The maximum absolute atomic E-state index is 12.1. The summed E-state index contributed by atoms with van der Waals surface area (Å²) in [6, 6.07) is 30.4. The van der Waals surface area contributed by atoms with Crippen LogP contribution in [0.25, 0.3) is 16.0 Å². The molecule has 0 unspecified atom stereocenters. The van der Waals surface area contributed by atoms with Gasteiger partial charge in [-0.25, -0.2) is 55.9 Å². The zero-order chi connectivity index (χ0) is 47.8. The minimum atomic E-state index is -3.59. The average molecular weight is 924 g/mol. The molecule has 328 valence electrons. The smallest absolute Gasteiger partial charge is 0.270 e. The normalized spacial score (nSPS) is 14.5. The largest absolute Gasteiger partial charge is 0.340 e. The molecule has 19 heteroatoms.